The third kappa shape index (κ3) is 3.30. The standard InChI is InChI=1S/C12H12Br2N2OS/c1-7-3-10(18-12(7)14)9(13)4-8-5-11(17-2)16-6-15-8/h3,5-6,9H,4H2,1-2H3. The van der Waals surface area contributed by atoms with Gasteiger partial charge in [-0.3, -0.25) is 0 Å². The van der Waals surface area contributed by atoms with Gasteiger partial charge in [-0.2, -0.15) is 0 Å². The van der Waals surface area contributed by atoms with E-state index >= 15 is 0 Å². The highest BCUT2D eigenvalue weighted by Crippen LogP contribution is 2.36. The highest BCUT2D eigenvalue weighted by atomic mass is 79.9. The zero-order valence-corrected chi connectivity index (χ0v) is 14.0. The minimum absolute atomic E-state index is 0.257. The Bertz CT molecular complexity index is 525. The van der Waals surface area contributed by atoms with Crippen molar-refractivity contribution in [1.29, 1.82) is 0 Å². The van der Waals surface area contributed by atoms with E-state index in [1.54, 1.807) is 18.4 Å². The molecule has 96 valence electrons. The van der Waals surface area contributed by atoms with Gasteiger partial charge < -0.3 is 4.74 Å². The molecule has 2 aromatic heterocycles. The van der Waals surface area contributed by atoms with Crippen LogP contribution in [0.25, 0.3) is 0 Å². The van der Waals surface area contributed by atoms with Gasteiger partial charge in [-0.1, -0.05) is 15.9 Å². The number of hydrogen-bond donors (Lipinski definition) is 0. The van der Waals surface area contributed by atoms with Crippen LogP contribution in [0, 0.1) is 6.92 Å². The van der Waals surface area contributed by atoms with Crippen molar-refractivity contribution in [2.45, 2.75) is 18.2 Å². The molecule has 0 spiro atoms. The molecule has 0 saturated heterocycles. The Kier molecular flexibility index (Phi) is 4.75. The Balaban J connectivity index is 2.13. The number of alkyl halides is 1. The van der Waals surface area contributed by atoms with Gasteiger partial charge in [-0.15, -0.1) is 11.3 Å². The van der Waals surface area contributed by atoms with E-state index in [1.807, 2.05) is 6.07 Å². The summed E-state index contributed by atoms with van der Waals surface area (Å²) in [6, 6.07) is 4.05. The Hall–Kier alpha value is -0.460. The fourth-order valence-corrected chi connectivity index (χ4v) is 3.82. The summed E-state index contributed by atoms with van der Waals surface area (Å²) >= 11 is 9.00. The van der Waals surface area contributed by atoms with Gasteiger partial charge in [0.15, 0.2) is 0 Å². The van der Waals surface area contributed by atoms with Gasteiger partial charge in [0.25, 0.3) is 0 Å². The smallest absolute Gasteiger partial charge is 0.216 e. The maximum Gasteiger partial charge on any atom is 0.216 e. The summed E-state index contributed by atoms with van der Waals surface area (Å²) in [7, 11) is 1.61. The monoisotopic (exact) mass is 390 g/mol. The van der Waals surface area contributed by atoms with E-state index < -0.39 is 0 Å². The number of aryl methyl sites for hydroxylation is 1. The number of rotatable bonds is 4. The molecule has 0 amide bonds. The predicted octanol–water partition coefficient (Wildman–Crippen LogP) is 4.30. The molecule has 0 radical (unpaired) electrons. The summed E-state index contributed by atoms with van der Waals surface area (Å²) in [6.07, 6.45) is 2.34. The highest BCUT2D eigenvalue weighted by Gasteiger charge is 2.14. The lowest BCUT2D eigenvalue weighted by Gasteiger charge is -2.07. The van der Waals surface area contributed by atoms with Crippen LogP contribution in [0.4, 0.5) is 0 Å². The Morgan fingerprint density at radius 3 is 2.78 bits per heavy atom. The molecule has 0 saturated carbocycles. The molecule has 0 aromatic carbocycles. The molecule has 1 atom stereocenters. The molecule has 0 aliphatic rings. The van der Waals surface area contributed by atoms with Crippen molar-refractivity contribution in [3.63, 3.8) is 0 Å². The largest absolute Gasteiger partial charge is 0.481 e. The van der Waals surface area contributed by atoms with Crippen LogP contribution in [-0.2, 0) is 6.42 Å². The maximum absolute atomic E-state index is 5.09. The number of methoxy groups -OCH3 is 1. The molecule has 0 N–H and O–H groups in total. The molecule has 0 aliphatic heterocycles. The van der Waals surface area contributed by atoms with Gasteiger partial charge >= 0.3 is 0 Å². The van der Waals surface area contributed by atoms with Crippen molar-refractivity contribution in [3.8, 4) is 5.88 Å². The molecule has 0 aliphatic carbocycles. The van der Waals surface area contributed by atoms with Gasteiger partial charge in [0.05, 0.1) is 15.7 Å². The van der Waals surface area contributed by atoms with E-state index in [4.69, 9.17) is 4.74 Å². The van der Waals surface area contributed by atoms with Crippen LogP contribution >= 0.6 is 43.2 Å². The average molecular weight is 392 g/mol. The van der Waals surface area contributed by atoms with E-state index in [-0.39, 0.29) is 4.83 Å². The predicted molar refractivity (Wildman–Crippen MR) is 80.7 cm³/mol. The molecule has 1 unspecified atom stereocenters. The summed E-state index contributed by atoms with van der Waals surface area (Å²) in [5.41, 5.74) is 2.23. The number of aromatic nitrogens is 2. The van der Waals surface area contributed by atoms with Crippen molar-refractivity contribution in [2.24, 2.45) is 0 Å². The van der Waals surface area contributed by atoms with Crippen LogP contribution in [0.15, 0.2) is 22.2 Å². The van der Waals surface area contributed by atoms with Crippen LogP contribution in [0.1, 0.15) is 21.0 Å². The first-order chi connectivity index (χ1) is 8.60. The molecular formula is C12H12Br2N2OS. The second-order valence-corrected chi connectivity index (χ2v) is 7.34. The lowest BCUT2D eigenvalue weighted by atomic mass is 10.2. The zero-order chi connectivity index (χ0) is 13.1. The first-order valence-electron chi connectivity index (χ1n) is 5.35. The number of halogens is 2. The first kappa shape index (κ1) is 14.0. The summed E-state index contributed by atoms with van der Waals surface area (Å²) in [4.78, 5) is 9.80. The molecule has 0 bridgehead atoms. The summed E-state index contributed by atoms with van der Waals surface area (Å²) in [5.74, 6) is 0.600. The quantitative estimate of drug-likeness (QED) is 0.729. The Morgan fingerprint density at radius 2 is 2.17 bits per heavy atom. The van der Waals surface area contributed by atoms with Crippen LogP contribution in [0.3, 0.4) is 0 Å². The number of nitrogens with zero attached hydrogens (tertiary/aromatic N) is 2. The summed E-state index contributed by atoms with van der Waals surface area (Å²) < 4.78 is 6.28. The van der Waals surface area contributed by atoms with Crippen LogP contribution in [0.2, 0.25) is 0 Å². The molecule has 18 heavy (non-hydrogen) atoms. The van der Waals surface area contributed by atoms with Crippen molar-refractivity contribution in [3.05, 3.63) is 38.4 Å². The SMILES string of the molecule is COc1cc(CC(Br)c2cc(C)c(Br)s2)ncn1. The maximum atomic E-state index is 5.09. The van der Waals surface area contributed by atoms with Gasteiger partial charge in [-0.05, 0) is 34.5 Å². The Morgan fingerprint density at radius 1 is 1.39 bits per heavy atom. The van der Waals surface area contributed by atoms with Crippen LogP contribution in [-0.4, -0.2) is 17.1 Å². The highest BCUT2D eigenvalue weighted by molar-refractivity contribution is 9.11. The lowest BCUT2D eigenvalue weighted by molar-refractivity contribution is 0.396. The molecule has 0 fully saturated rings. The van der Waals surface area contributed by atoms with Gasteiger partial charge in [-0.25, -0.2) is 9.97 Å². The van der Waals surface area contributed by atoms with E-state index in [0.29, 0.717) is 5.88 Å². The average Bonchev–Trinajstić information content (AvgIpc) is 2.70. The summed E-state index contributed by atoms with van der Waals surface area (Å²) in [6.45, 7) is 2.09. The van der Waals surface area contributed by atoms with Gasteiger partial charge in [0.1, 0.15) is 6.33 Å². The topological polar surface area (TPSA) is 35.0 Å². The third-order valence-corrected chi connectivity index (χ3v) is 5.85. The van der Waals surface area contributed by atoms with Crippen molar-refractivity contribution in [2.75, 3.05) is 7.11 Å². The third-order valence-electron chi connectivity index (χ3n) is 2.48. The van der Waals surface area contributed by atoms with Crippen molar-refractivity contribution < 1.29 is 4.74 Å². The molecule has 2 heterocycles. The fraction of sp³-hybridized carbons (Fsp3) is 0.333. The number of thiophene rings is 1. The minimum atomic E-state index is 0.257. The Labute approximate surface area is 127 Å². The zero-order valence-electron chi connectivity index (χ0n) is 9.98. The molecular weight excluding hydrogens is 380 g/mol. The van der Waals surface area contributed by atoms with E-state index in [9.17, 15) is 0 Å². The number of hydrogen-bond acceptors (Lipinski definition) is 4. The lowest BCUT2D eigenvalue weighted by Crippen LogP contribution is -1.98. The minimum Gasteiger partial charge on any atom is -0.481 e. The van der Waals surface area contributed by atoms with Gasteiger partial charge in [0, 0.05) is 23.1 Å². The van der Waals surface area contributed by atoms with Crippen molar-refractivity contribution in [1.82, 2.24) is 9.97 Å². The fourth-order valence-electron chi connectivity index (χ4n) is 1.52. The van der Waals surface area contributed by atoms with Gasteiger partial charge in [0.2, 0.25) is 5.88 Å². The number of ether oxygens (including phenoxy) is 1. The first-order valence-corrected chi connectivity index (χ1v) is 7.87. The summed E-state index contributed by atoms with van der Waals surface area (Å²) in [5, 5.41) is 0. The molecule has 2 aromatic rings. The molecule has 2 rings (SSSR count). The van der Waals surface area contributed by atoms with Crippen LogP contribution in [0.5, 0.6) is 5.88 Å². The van der Waals surface area contributed by atoms with Crippen LogP contribution < -0.4 is 4.74 Å². The molecule has 6 heteroatoms. The van der Waals surface area contributed by atoms with Crippen molar-refractivity contribution >= 4 is 43.2 Å². The second kappa shape index (κ2) is 6.12. The van der Waals surface area contributed by atoms with E-state index in [1.165, 1.54) is 20.6 Å². The van der Waals surface area contributed by atoms with E-state index in [0.717, 1.165) is 12.1 Å². The van der Waals surface area contributed by atoms with E-state index in [2.05, 4.69) is 54.8 Å². The normalized spacial score (nSPS) is 12.4. The molecule has 3 nitrogen and oxygen atoms in total. The second-order valence-electron chi connectivity index (χ2n) is 3.83.